The van der Waals surface area contributed by atoms with Gasteiger partial charge in [0.25, 0.3) is 0 Å². The van der Waals surface area contributed by atoms with Crippen LogP contribution in [0.15, 0.2) is 137 Å². The molecular weight excluding hydrogens is 1150 g/mol. The number of rotatable bonds is 17. The monoisotopic (exact) mass is 1210 g/mol. The average Bonchev–Trinajstić information content (AvgIpc) is 1.69. The highest BCUT2D eigenvalue weighted by Gasteiger charge is 2.54. The Bertz CT molecular complexity index is 4410. The predicted octanol–water partition coefficient (Wildman–Crippen LogP) is 11.4. The number of ether oxygens (including phenoxy) is 3. The molecule has 4 aliphatic rings. The van der Waals surface area contributed by atoms with Crippen LogP contribution in [0.1, 0.15) is 122 Å². The number of hydrogen-bond donors (Lipinski definition) is 3. The van der Waals surface area contributed by atoms with Crippen molar-refractivity contribution < 1.29 is 73.2 Å². The molecule has 0 bridgehead atoms. The summed E-state index contributed by atoms with van der Waals surface area (Å²) in [6.07, 6.45) is 8.24. The summed E-state index contributed by atoms with van der Waals surface area (Å²) in [5.41, 5.74) is 6.88. The number of nitrogens with zero attached hydrogens (tertiary/aromatic N) is 2. The zero-order chi connectivity index (χ0) is 60.9. The van der Waals surface area contributed by atoms with Crippen molar-refractivity contribution >= 4 is 78.6 Å². The van der Waals surface area contributed by atoms with Gasteiger partial charge in [0.05, 0.1) is 39.5 Å². The second-order valence-corrected chi connectivity index (χ2v) is 26.8. The molecule has 0 radical (unpaired) electrons. The number of nitrogens with one attached hydrogen (secondary N) is 1. The quantitative estimate of drug-likeness (QED) is 0.0252. The van der Waals surface area contributed by atoms with Gasteiger partial charge in [-0.15, -0.1) is 0 Å². The van der Waals surface area contributed by atoms with Gasteiger partial charge in [0.15, 0.2) is 11.3 Å². The zero-order valence-corrected chi connectivity index (χ0v) is 50.6. The summed E-state index contributed by atoms with van der Waals surface area (Å²) in [6.45, 7) is 17.6. The van der Waals surface area contributed by atoms with Crippen molar-refractivity contribution in [3.8, 4) is 23.0 Å². The van der Waals surface area contributed by atoms with E-state index in [9.17, 15) is 49.9 Å². The molecule has 0 aromatic heterocycles. The van der Waals surface area contributed by atoms with Gasteiger partial charge in [-0.05, 0) is 136 Å². The first-order valence-electron chi connectivity index (χ1n) is 27.9. The summed E-state index contributed by atoms with van der Waals surface area (Å²) in [5.74, 6) is -0.241. The minimum Gasteiger partial charge on any atom is -0.744 e. The number of amides is 1. The standard InChI is InChI=1S/C64H64N3O15PS2/c1-9-66-51-35-54(85(76,77)78)45-34-40(84(73,74)75)24-26-42(45)59(51)62(5,6)55(66)19-16-20-56-63(7,8)58-41-25-22-37(3)31-44(41)38(4)32-50(58)67(56)30-15-11-12-21-57(68)65-36-46-52(79-10-2)29-28-49-60(46)80-53-33-39(82-83(70,71)72)23-27-48(53)64(49)47-18-14-13-17-43(47)61(69)81-64/h13-14,16-20,22-29,31-35H,9-12,15,21,30,36H2,1-8H3,(H4-,65,68,70,71,72,73,74,75,76,77,78)/p-1. The maximum Gasteiger partial charge on any atom is 0.524 e. The molecule has 0 aliphatic carbocycles. The van der Waals surface area contributed by atoms with Crippen LogP contribution in [0.2, 0.25) is 0 Å². The van der Waals surface area contributed by atoms with Gasteiger partial charge in [0.2, 0.25) is 11.6 Å². The van der Waals surface area contributed by atoms with E-state index in [0.717, 1.165) is 57.5 Å². The number of fused-ring (bicyclic) bond motifs is 12. The number of benzene rings is 7. The second-order valence-electron chi connectivity index (χ2n) is 22.9. The molecule has 1 unspecified atom stereocenters. The van der Waals surface area contributed by atoms with Crippen molar-refractivity contribution in [2.45, 2.75) is 114 Å². The van der Waals surface area contributed by atoms with Gasteiger partial charge in [0.1, 0.15) is 49.8 Å². The lowest BCUT2D eigenvalue weighted by Gasteiger charge is -2.37. The van der Waals surface area contributed by atoms with E-state index in [-0.39, 0.29) is 48.1 Å². The third-order valence-electron chi connectivity index (χ3n) is 16.8. The first kappa shape index (κ1) is 59.1. The Morgan fingerprint density at radius 1 is 0.800 bits per heavy atom. The van der Waals surface area contributed by atoms with E-state index in [4.69, 9.17) is 18.7 Å². The second kappa shape index (κ2) is 21.4. The van der Waals surface area contributed by atoms with Crippen LogP contribution < -0.4 is 24.2 Å². The van der Waals surface area contributed by atoms with Crippen molar-refractivity contribution in [3.63, 3.8) is 0 Å². The summed E-state index contributed by atoms with van der Waals surface area (Å²) in [6, 6.07) is 28.2. The molecule has 21 heteroatoms. The van der Waals surface area contributed by atoms with Gasteiger partial charge in [-0.1, -0.05) is 68.0 Å². The van der Waals surface area contributed by atoms with Crippen LogP contribution in [0.3, 0.4) is 0 Å². The number of hydrogen-bond acceptors (Lipinski definition) is 14. The smallest absolute Gasteiger partial charge is 0.524 e. The maximum atomic E-state index is 13.9. The molecule has 11 rings (SSSR count). The van der Waals surface area contributed by atoms with Gasteiger partial charge in [-0.3, -0.25) is 14.6 Å². The van der Waals surface area contributed by atoms with Crippen LogP contribution >= 0.6 is 7.82 Å². The highest BCUT2D eigenvalue weighted by molar-refractivity contribution is 7.86. The van der Waals surface area contributed by atoms with Gasteiger partial charge in [-0.2, -0.15) is 4.58 Å². The number of esters is 1. The average molecular weight is 1210 g/mol. The zero-order valence-electron chi connectivity index (χ0n) is 48.1. The van der Waals surface area contributed by atoms with Crippen molar-refractivity contribution in [1.82, 2.24) is 5.32 Å². The van der Waals surface area contributed by atoms with Crippen molar-refractivity contribution in [2.75, 3.05) is 24.6 Å². The highest BCUT2D eigenvalue weighted by Crippen LogP contribution is 2.59. The molecule has 1 amide bonds. The van der Waals surface area contributed by atoms with E-state index in [1.54, 1.807) is 42.5 Å². The molecule has 4 aliphatic heterocycles. The molecule has 1 atom stereocenters. The van der Waals surface area contributed by atoms with Crippen LogP contribution in [0, 0.1) is 13.8 Å². The summed E-state index contributed by atoms with van der Waals surface area (Å²) < 4.78 is 113. The molecule has 0 saturated heterocycles. The fourth-order valence-electron chi connectivity index (χ4n) is 13.2. The molecule has 7 aromatic carbocycles. The molecule has 1 spiro atoms. The van der Waals surface area contributed by atoms with Gasteiger partial charge in [-0.25, -0.2) is 26.2 Å². The first-order chi connectivity index (χ1) is 40.1. The fourth-order valence-corrected chi connectivity index (χ4v) is 14.7. The van der Waals surface area contributed by atoms with Crippen LogP contribution in [-0.2, 0) is 57.3 Å². The van der Waals surface area contributed by atoms with Crippen LogP contribution in [-0.4, -0.2) is 77.6 Å². The summed E-state index contributed by atoms with van der Waals surface area (Å²) >= 11 is 0. The van der Waals surface area contributed by atoms with Crippen LogP contribution in [0.4, 0.5) is 11.4 Å². The van der Waals surface area contributed by atoms with Gasteiger partial charge in [0, 0.05) is 82.0 Å². The number of anilines is 1. The summed E-state index contributed by atoms with van der Waals surface area (Å²) in [5, 5.41) is 5.58. The number of unbranched alkanes of at least 4 members (excludes halogenated alkanes) is 2. The SMILES string of the molecule is CCOc1ccc2c(c1CNC(=O)CCCCC[N+]1=C(/C=C/C=C3/N(CC)c4cc(S(=O)(=O)[O-])c5cc(S(=O)(=O)[O-])ccc5c4C3(C)C)C(C)(C)c3c1cc(C)c1cc(C)ccc31)Oc1cc(OP(=O)(O)O)ccc1C21OC(=O)c2ccccc21. The minimum absolute atomic E-state index is 0.0426. The Morgan fingerprint density at radius 2 is 1.53 bits per heavy atom. The van der Waals surface area contributed by atoms with Crippen molar-refractivity contribution in [2.24, 2.45) is 0 Å². The number of carbonyl (C=O) groups is 2. The van der Waals surface area contributed by atoms with Crippen molar-refractivity contribution in [3.05, 3.63) is 177 Å². The highest BCUT2D eigenvalue weighted by atomic mass is 32.2. The lowest BCUT2D eigenvalue weighted by Crippen LogP contribution is -2.34. The number of phosphoric acid groups is 1. The molecule has 442 valence electrons. The Kier molecular flexibility index (Phi) is 14.9. The third kappa shape index (κ3) is 10.2. The number of likely N-dealkylation sites (N-methyl/N-ethyl adjacent to an activating group) is 1. The lowest BCUT2D eigenvalue weighted by atomic mass is 9.77. The van der Waals surface area contributed by atoms with E-state index in [2.05, 4.69) is 67.9 Å². The lowest BCUT2D eigenvalue weighted by molar-refractivity contribution is -0.438. The molecule has 0 saturated carbocycles. The van der Waals surface area contributed by atoms with E-state index < -0.39 is 60.3 Å². The van der Waals surface area contributed by atoms with Crippen LogP contribution in [0.25, 0.3) is 21.5 Å². The molecule has 0 fully saturated rings. The van der Waals surface area contributed by atoms with E-state index in [1.807, 2.05) is 44.7 Å². The molecule has 85 heavy (non-hydrogen) atoms. The Balaban J connectivity index is 0.867. The number of phosphoric ester groups is 1. The Labute approximate surface area is 493 Å². The van der Waals surface area contributed by atoms with Gasteiger partial charge < -0.3 is 38.1 Å². The Hall–Kier alpha value is -7.68. The van der Waals surface area contributed by atoms with E-state index >= 15 is 0 Å². The molecule has 4 heterocycles. The predicted molar refractivity (Wildman–Crippen MR) is 318 cm³/mol. The third-order valence-corrected chi connectivity index (χ3v) is 18.9. The molecule has 3 N–H and O–H groups in total. The Morgan fingerprint density at radius 3 is 2.25 bits per heavy atom. The summed E-state index contributed by atoms with van der Waals surface area (Å²) in [4.78, 5) is 47.5. The maximum absolute atomic E-state index is 13.9. The topological polar surface area (TPSA) is 261 Å². The van der Waals surface area contributed by atoms with Crippen LogP contribution in [0.5, 0.6) is 23.0 Å². The fraction of sp³-hybridized carbons (Fsp3) is 0.297. The number of carbonyl (C=O) groups excluding carboxylic acids is 2. The van der Waals surface area contributed by atoms with Crippen molar-refractivity contribution in [1.29, 1.82) is 0 Å². The van der Waals surface area contributed by atoms with E-state index in [1.165, 1.54) is 29.8 Å². The molecular formula is C64H63N3O15PS2-. The van der Waals surface area contributed by atoms with E-state index in [0.29, 0.717) is 76.1 Å². The number of aryl methyl sites for hydroxylation is 2. The normalized spacial score (nSPS) is 18.0. The summed E-state index contributed by atoms with van der Waals surface area (Å²) in [7, 11) is -15.1. The van der Waals surface area contributed by atoms with Gasteiger partial charge >= 0.3 is 13.8 Å². The first-order valence-corrected chi connectivity index (χ1v) is 32.3. The molecule has 18 nitrogen and oxygen atoms in total. The molecule has 7 aromatic rings. The largest absolute Gasteiger partial charge is 0.744 e. The number of allylic oxidation sites excluding steroid dienone is 4. The minimum atomic E-state index is -5.13.